The second-order valence-corrected chi connectivity index (χ2v) is 4.08. The number of hydrogen-bond acceptors (Lipinski definition) is 4. The van der Waals surface area contributed by atoms with Crippen LogP contribution < -0.4 is 0 Å². The Morgan fingerprint density at radius 1 is 1.35 bits per heavy atom. The number of carbonyl (C=O) groups excluding carboxylic acids is 2. The van der Waals surface area contributed by atoms with Crippen LogP contribution in [0.1, 0.15) is 29.6 Å². The van der Waals surface area contributed by atoms with Gasteiger partial charge in [-0.1, -0.05) is 11.6 Å². The van der Waals surface area contributed by atoms with Gasteiger partial charge in [-0.2, -0.15) is 0 Å². The van der Waals surface area contributed by atoms with Crippen LogP contribution in [0.15, 0.2) is 30.2 Å². The summed E-state index contributed by atoms with van der Waals surface area (Å²) in [7, 11) is 0. The maximum Gasteiger partial charge on any atom is 0.344 e. The van der Waals surface area contributed by atoms with Gasteiger partial charge >= 0.3 is 5.97 Å². The second kappa shape index (κ2) is 5.10. The molecule has 0 spiro atoms. The van der Waals surface area contributed by atoms with E-state index in [1.807, 2.05) is 0 Å². The number of carbonyl (C=O) groups is 2. The number of rotatable bonds is 2. The van der Waals surface area contributed by atoms with Crippen molar-refractivity contribution >= 4 is 23.4 Å². The third kappa shape index (κ3) is 3.14. The number of allylic oxidation sites excluding steroid dienone is 2. The first-order chi connectivity index (χ1) is 8.15. The standard InChI is InChI=1S/C12H10ClNO3/c13-11-5-4-8(7-14-11)12(16)17-10-3-1-2-9(15)6-10/h4-7H,1-3H2. The molecule has 88 valence electrons. The molecule has 0 bridgehead atoms. The molecule has 0 aliphatic heterocycles. The lowest BCUT2D eigenvalue weighted by Crippen LogP contribution is -2.10. The highest BCUT2D eigenvalue weighted by molar-refractivity contribution is 6.29. The lowest BCUT2D eigenvalue weighted by molar-refractivity contribution is -0.115. The van der Waals surface area contributed by atoms with Crippen molar-refractivity contribution in [2.45, 2.75) is 19.3 Å². The largest absolute Gasteiger partial charge is 0.427 e. The minimum Gasteiger partial charge on any atom is -0.427 e. The van der Waals surface area contributed by atoms with Gasteiger partial charge in [-0.25, -0.2) is 9.78 Å². The quantitative estimate of drug-likeness (QED) is 0.599. The summed E-state index contributed by atoms with van der Waals surface area (Å²) in [6.45, 7) is 0. The van der Waals surface area contributed by atoms with Gasteiger partial charge in [0.05, 0.1) is 5.56 Å². The van der Waals surface area contributed by atoms with Crippen LogP contribution in [0.3, 0.4) is 0 Å². The van der Waals surface area contributed by atoms with Gasteiger partial charge in [-0.15, -0.1) is 0 Å². The highest BCUT2D eigenvalue weighted by Gasteiger charge is 2.15. The molecule has 0 N–H and O–H groups in total. The zero-order chi connectivity index (χ0) is 12.3. The van der Waals surface area contributed by atoms with Crippen molar-refractivity contribution in [1.82, 2.24) is 4.98 Å². The first-order valence-corrected chi connectivity index (χ1v) is 5.60. The van der Waals surface area contributed by atoms with Crippen molar-refractivity contribution in [1.29, 1.82) is 0 Å². The normalized spacial score (nSPS) is 15.4. The predicted octanol–water partition coefficient (Wildman–Crippen LogP) is 2.53. The molecule has 0 unspecified atom stereocenters. The molecule has 1 aromatic rings. The zero-order valence-corrected chi connectivity index (χ0v) is 9.74. The fourth-order valence-electron chi connectivity index (χ4n) is 1.52. The number of ether oxygens (including phenoxy) is 1. The van der Waals surface area contributed by atoms with Crippen LogP contribution in [0.25, 0.3) is 0 Å². The Labute approximate surface area is 103 Å². The molecule has 0 atom stereocenters. The fourth-order valence-corrected chi connectivity index (χ4v) is 1.63. The second-order valence-electron chi connectivity index (χ2n) is 3.69. The molecule has 0 saturated heterocycles. The van der Waals surface area contributed by atoms with Gasteiger partial charge in [-0.3, -0.25) is 4.79 Å². The van der Waals surface area contributed by atoms with E-state index < -0.39 is 5.97 Å². The lowest BCUT2D eigenvalue weighted by atomic mass is 10.1. The first kappa shape index (κ1) is 11.8. The van der Waals surface area contributed by atoms with E-state index in [2.05, 4.69) is 4.98 Å². The zero-order valence-electron chi connectivity index (χ0n) is 8.98. The highest BCUT2D eigenvalue weighted by atomic mass is 35.5. The van der Waals surface area contributed by atoms with Crippen molar-refractivity contribution in [3.8, 4) is 0 Å². The number of halogens is 1. The third-order valence-electron chi connectivity index (χ3n) is 2.36. The minimum atomic E-state index is -0.518. The molecule has 0 saturated carbocycles. The smallest absolute Gasteiger partial charge is 0.344 e. The average Bonchev–Trinajstić information content (AvgIpc) is 2.29. The van der Waals surface area contributed by atoms with Gasteiger partial charge in [0.2, 0.25) is 0 Å². The molecular formula is C12H10ClNO3. The van der Waals surface area contributed by atoms with Gasteiger partial charge in [-0.05, 0) is 18.6 Å². The van der Waals surface area contributed by atoms with Gasteiger partial charge in [0.25, 0.3) is 0 Å². The predicted molar refractivity (Wildman–Crippen MR) is 61.6 cm³/mol. The molecule has 4 nitrogen and oxygen atoms in total. The van der Waals surface area contributed by atoms with E-state index in [1.54, 1.807) is 0 Å². The molecule has 2 rings (SSSR count). The Hall–Kier alpha value is -1.68. The fraction of sp³-hybridized carbons (Fsp3) is 0.250. The number of nitrogens with zero attached hydrogens (tertiary/aromatic N) is 1. The lowest BCUT2D eigenvalue weighted by Gasteiger charge is -2.11. The monoisotopic (exact) mass is 251 g/mol. The molecule has 1 aromatic heterocycles. The summed E-state index contributed by atoms with van der Waals surface area (Å²) in [4.78, 5) is 26.6. The SMILES string of the molecule is O=C1C=C(OC(=O)c2ccc(Cl)nc2)CCC1. The molecule has 0 radical (unpaired) electrons. The van der Waals surface area contributed by atoms with Crippen LogP contribution in [-0.4, -0.2) is 16.7 Å². The number of esters is 1. The Kier molecular flexibility index (Phi) is 3.54. The number of aromatic nitrogens is 1. The van der Waals surface area contributed by atoms with Crippen molar-refractivity contribution < 1.29 is 14.3 Å². The van der Waals surface area contributed by atoms with E-state index in [0.717, 1.165) is 6.42 Å². The average molecular weight is 252 g/mol. The Balaban J connectivity index is 2.06. The molecule has 17 heavy (non-hydrogen) atoms. The third-order valence-corrected chi connectivity index (χ3v) is 2.58. The molecule has 1 heterocycles. The summed E-state index contributed by atoms with van der Waals surface area (Å²) in [5.74, 6) is -0.107. The van der Waals surface area contributed by atoms with Crippen LogP contribution in [0.2, 0.25) is 5.15 Å². The molecule has 0 fully saturated rings. The maximum atomic E-state index is 11.7. The summed E-state index contributed by atoms with van der Waals surface area (Å²) in [6, 6.07) is 3.04. The van der Waals surface area contributed by atoms with E-state index in [0.29, 0.717) is 29.3 Å². The Bertz CT molecular complexity index is 479. The van der Waals surface area contributed by atoms with Crippen molar-refractivity contribution in [3.63, 3.8) is 0 Å². The molecular weight excluding hydrogens is 242 g/mol. The van der Waals surface area contributed by atoms with Crippen molar-refractivity contribution in [2.24, 2.45) is 0 Å². The van der Waals surface area contributed by atoms with E-state index in [1.165, 1.54) is 24.4 Å². The topological polar surface area (TPSA) is 56.3 Å². The number of hydrogen-bond donors (Lipinski definition) is 0. The highest BCUT2D eigenvalue weighted by Crippen LogP contribution is 2.18. The summed E-state index contributed by atoms with van der Waals surface area (Å²) in [6.07, 6.45) is 4.57. The van der Waals surface area contributed by atoms with Crippen molar-refractivity contribution in [3.05, 3.63) is 40.9 Å². The number of pyridine rings is 1. The minimum absolute atomic E-state index is 0.00622. The summed E-state index contributed by atoms with van der Waals surface area (Å²) >= 11 is 5.61. The van der Waals surface area contributed by atoms with Crippen LogP contribution in [-0.2, 0) is 9.53 Å². The van der Waals surface area contributed by atoms with Gasteiger partial charge in [0.1, 0.15) is 10.9 Å². The van der Waals surface area contributed by atoms with E-state index in [-0.39, 0.29) is 5.78 Å². The van der Waals surface area contributed by atoms with Gasteiger partial charge < -0.3 is 4.74 Å². The summed E-state index contributed by atoms with van der Waals surface area (Å²) in [5, 5.41) is 0.314. The Morgan fingerprint density at radius 3 is 2.82 bits per heavy atom. The molecule has 0 amide bonds. The Morgan fingerprint density at radius 2 is 2.18 bits per heavy atom. The summed E-state index contributed by atoms with van der Waals surface area (Å²) in [5.41, 5.74) is 0.313. The van der Waals surface area contributed by atoms with Crippen LogP contribution in [0.5, 0.6) is 0 Å². The number of ketones is 1. The maximum absolute atomic E-state index is 11.7. The summed E-state index contributed by atoms with van der Waals surface area (Å²) < 4.78 is 5.11. The van der Waals surface area contributed by atoms with Gasteiger partial charge in [0, 0.05) is 25.1 Å². The molecule has 5 heteroatoms. The van der Waals surface area contributed by atoms with Crippen LogP contribution in [0, 0.1) is 0 Å². The molecule has 0 aromatic carbocycles. The van der Waals surface area contributed by atoms with Crippen LogP contribution >= 0.6 is 11.6 Å². The first-order valence-electron chi connectivity index (χ1n) is 5.22. The van der Waals surface area contributed by atoms with E-state index in [4.69, 9.17) is 16.3 Å². The molecule has 1 aliphatic carbocycles. The van der Waals surface area contributed by atoms with Crippen molar-refractivity contribution in [2.75, 3.05) is 0 Å². The van der Waals surface area contributed by atoms with E-state index in [9.17, 15) is 9.59 Å². The van der Waals surface area contributed by atoms with E-state index >= 15 is 0 Å². The van der Waals surface area contributed by atoms with Crippen LogP contribution in [0.4, 0.5) is 0 Å². The van der Waals surface area contributed by atoms with Gasteiger partial charge in [0.15, 0.2) is 5.78 Å². The molecule has 1 aliphatic rings.